The van der Waals surface area contributed by atoms with E-state index in [0.29, 0.717) is 42.5 Å². The number of carbonyl (C=O) groups excluding carboxylic acids is 7. The standard InChI is InChI=1S/C48H59F3IN5O6S.C31H46N4O4S/c1-30-45(64-29-55-30)32-14-12-31(13-15-32)26-54-46(61)41-25-35(59)27-57(41)47(62)37(48(2,3)4)24-34(58)11-8-6-5-7-9-20-53-21-10-22-63-28-42(60)36-17-18-38(49)43(51)44(36)56-40-19-16-33(52)23-39(40)50;1-21-28(40-20-34-21)23-13-11-22(12-14-23)18-33-29(38)27-17-25(37)19-35(27)30(39)26(31(2,3)4)16-24(36)10-8-6-5-7-9-15-32/h12-19,23,29,35,37,41,53,56,59H,5-11,20-22,24-28H2,1-4H3,(H,54,61);11-14,20,25-27,37H,5-10,15-19,32H2,1-4H3,(H,33,38)/t35-,37-,41+;25-,26-,27+/m11/s1. The van der Waals surface area contributed by atoms with Crippen molar-refractivity contribution in [3.63, 3.8) is 0 Å². The lowest BCUT2D eigenvalue weighted by atomic mass is 9.76. The van der Waals surface area contributed by atoms with Crippen LogP contribution >= 0.6 is 45.3 Å². The highest BCUT2D eigenvalue weighted by Crippen LogP contribution is 2.37. The normalized spacial score (nSPS) is 16.6. The molecular formula is C79H105F3IN9O10S2. The largest absolute Gasteiger partial charge is 0.391 e. The first-order chi connectivity index (χ1) is 49.5. The van der Waals surface area contributed by atoms with Crippen LogP contribution in [0.15, 0.2) is 89.9 Å². The van der Waals surface area contributed by atoms with E-state index in [1.807, 2.05) is 138 Å². The molecule has 8 N–H and O–H groups in total. The Balaban J connectivity index is 0.000000324. The van der Waals surface area contributed by atoms with Crippen molar-refractivity contribution >= 4 is 97.6 Å². The number of nitrogens with zero attached hydrogens (tertiary/aromatic N) is 4. The van der Waals surface area contributed by atoms with Gasteiger partial charge < -0.3 is 51.8 Å². The number of carbonyl (C=O) groups is 7. The van der Waals surface area contributed by atoms with Gasteiger partial charge in [-0.05, 0) is 152 Å². The minimum absolute atomic E-state index is 0.0101. The van der Waals surface area contributed by atoms with E-state index in [-0.39, 0.29) is 105 Å². The van der Waals surface area contributed by atoms with Crippen molar-refractivity contribution in [2.45, 2.75) is 202 Å². The van der Waals surface area contributed by atoms with Crippen LogP contribution in [0.3, 0.4) is 0 Å². The molecule has 0 unspecified atom stereocenters. The molecule has 0 aliphatic carbocycles. The Morgan fingerprint density at radius 3 is 1.53 bits per heavy atom. The molecular weight excluding hydrogens is 1480 g/mol. The molecule has 2 aliphatic heterocycles. The van der Waals surface area contributed by atoms with Crippen LogP contribution in [0.5, 0.6) is 0 Å². The number of β-amino-alcohol motifs (C(OH)–C–C–N with tert-alkyl or cyclic N) is 2. The summed E-state index contributed by atoms with van der Waals surface area (Å²) in [6, 6.07) is 20.5. The first kappa shape index (κ1) is 84.4. The predicted molar refractivity (Wildman–Crippen MR) is 412 cm³/mol. The van der Waals surface area contributed by atoms with Crippen LogP contribution in [0.25, 0.3) is 20.9 Å². The zero-order chi connectivity index (χ0) is 75.7. The summed E-state index contributed by atoms with van der Waals surface area (Å²) in [6.45, 7) is 18.4. The Hall–Kier alpha value is -6.85. The number of anilines is 2. The smallest absolute Gasteiger partial charge is 0.243 e. The van der Waals surface area contributed by atoms with Crippen molar-refractivity contribution in [1.29, 1.82) is 0 Å². The van der Waals surface area contributed by atoms with Crippen molar-refractivity contribution in [2.24, 2.45) is 28.4 Å². The highest BCUT2D eigenvalue weighted by atomic mass is 127. The van der Waals surface area contributed by atoms with Gasteiger partial charge in [-0.3, -0.25) is 33.6 Å². The fourth-order valence-corrected chi connectivity index (χ4v) is 15.0. The highest BCUT2D eigenvalue weighted by Gasteiger charge is 2.46. The molecule has 19 nitrogen and oxygen atoms in total. The average molecular weight is 1590 g/mol. The number of benzene rings is 4. The molecule has 2 fully saturated rings. The summed E-state index contributed by atoms with van der Waals surface area (Å²) in [5, 5.41) is 32.7. The van der Waals surface area contributed by atoms with Gasteiger partial charge in [0.05, 0.1) is 55.7 Å². The minimum Gasteiger partial charge on any atom is -0.391 e. The summed E-state index contributed by atoms with van der Waals surface area (Å²) < 4.78 is 49.2. The second-order valence-corrected chi connectivity index (χ2v) is 32.4. The molecule has 25 heteroatoms. The van der Waals surface area contributed by atoms with E-state index < -0.39 is 75.9 Å². The Morgan fingerprint density at radius 1 is 0.615 bits per heavy atom. The number of likely N-dealkylation sites (tertiary alicyclic amines) is 2. The van der Waals surface area contributed by atoms with Crippen molar-refractivity contribution in [3.05, 3.63) is 139 Å². The molecule has 104 heavy (non-hydrogen) atoms. The summed E-state index contributed by atoms with van der Waals surface area (Å²) in [7, 11) is 0. The molecule has 8 rings (SSSR count). The van der Waals surface area contributed by atoms with Crippen LogP contribution in [-0.4, -0.2) is 141 Å². The van der Waals surface area contributed by atoms with Crippen molar-refractivity contribution < 1.29 is 61.7 Å². The Bertz CT molecular complexity index is 3810. The molecule has 6 aromatic rings. The van der Waals surface area contributed by atoms with Crippen LogP contribution in [0.1, 0.15) is 184 Å². The molecule has 0 bridgehead atoms. The molecule has 6 atom stereocenters. The van der Waals surface area contributed by atoms with Gasteiger partial charge in [0.1, 0.15) is 36.1 Å². The molecule has 566 valence electrons. The Kier molecular flexibility index (Phi) is 33.5. The molecule has 2 aliphatic rings. The zero-order valence-electron chi connectivity index (χ0n) is 61.4. The van der Waals surface area contributed by atoms with E-state index in [9.17, 15) is 56.9 Å². The minimum atomic E-state index is -1.28. The second kappa shape index (κ2) is 41.3. The first-order valence-corrected chi connectivity index (χ1v) is 39.1. The lowest BCUT2D eigenvalue weighted by Gasteiger charge is -2.34. The number of halogens is 4. The third kappa shape index (κ3) is 25.7. The summed E-state index contributed by atoms with van der Waals surface area (Å²) in [5.74, 6) is -5.92. The zero-order valence-corrected chi connectivity index (χ0v) is 65.2. The van der Waals surface area contributed by atoms with E-state index in [4.69, 9.17) is 10.5 Å². The maximum Gasteiger partial charge on any atom is 0.243 e. The Morgan fingerprint density at radius 2 is 1.08 bits per heavy atom. The number of aliphatic hydroxyl groups excluding tert-OH is 2. The van der Waals surface area contributed by atoms with Gasteiger partial charge in [0.2, 0.25) is 23.6 Å². The maximum absolute atomic E-state index is 14.7. The monoisotopic (exact) mass is 1590 g/mol. The van der Waals surface area contributed by atoms with E-state index in [1.165, 1.54) is 21.9 Å². The van der Waals surface area contributed by atoms with Crippen molar-refractivity contribution in [1.82, 2.24) is 35.7 Å². The van der Waals surface area contributed by atoms with Gasteiger partial charge in [0, 0.05) is 92.3 Å². The highest BCUT2D eigenvalue weighted by molar-refractivity contribution is 14.1. The number of hydrogen-bond donors (Lipinski definition) is 7. The average Bonchev–Trinajstić information content (AvgIpc) is 1.46. The van der Waals surface area contributed by atoms with Gasteiger partial charge in [-0.2, -0.15) is 0 Å². The molecule has 2 saturated heterocycles. The number of aromatic nitrogens is 2. The number of hydrogen-bond acceptors (Lipinski definition) is 17. The van der Waals surface area contributed by atoms with Crippen LogP contribution in [0.2, 0.25) is 0 Å². The van der Waals surface area contributed by atoms with Crippen LogP contribution in [0.4, 0.5) is 24.5 Å². The van der Waals surface area contributed by atoms with E-state index in [1.54, 1.807) is 28.7 Å². The number of aryl methyl sites for hydroxylation is 2. The maximum atomic E-state index is 14.7. The molecule has 4 aromatic carbocycles. The van der Waals surface area contributed by atoms with Gasteiger partial charge in [-0.25, -0.2) is 23.1 Å². The van der Waals surface area contributed by atoms with Crippen molar-refractivity contribution in [2.75, 3.05) is 51.3 Å². The fourth-order valence-electron chi connectivity index (χ4n) is 12.9. The fraction of sp³-hybridized carbons (Fsp3) is 0.532. The SMILES string of the molecule is Cc1ncsc1-c1ccc(CNC(=O)[C@@H]2C[C@@H](O)CN2C(=O)[C@@H](CC(=O)CCCCCCCN)C(C)(C)C)cc1.Cc1ncsc1-c1ccc(CNC(=O)[C@@H]2C[C@@H](O)CN2C(=O)[C@@H](CC(=O)CCCCCCCNCCCOCC(=O)c2ccc(F)c(F)c2Nc2ccc(I)cc2F)C(C)(C)C)cc1. The predicted octanol–water partition coefficient (Wildman–Crippen LogP) is 13.9. The van der Waals surface area contributed by atoms with Gasteiger partial charge >= 0.3 is 0 Å². The molecule has 0 radical (unpaired) electrons. The molecule has 2 aromatic heterocycles. The number of amides is 4. The van der Waals surface area contributed by atoms with Gasteiger partial charge in [-0.15, -0.1) is 22.7 Å². The number of nitrogens with two attached hydrogens (primary N) is 1. The van der Waals surface area contributed by atoms with Gasteiger partial charge in [-0.1, -0.05) is 129 Å². The molecule has 4 heterocycles. The second-order valence-electron chi connectivity index (χ2n) is 29.4. The van der Waals surface area contributed by atoms with Crippen LogP contribution in [-0.2, 0) is 46.6 Å². The number of thiazole rings is 2. The summed E-state index contributed by atoms with van der Waals surface area (Å²) in [4.78, 5) is 107. The lowest BCUT2D eigenvalue weighted by Crippen LogP contribution is -2.50. The third-order valence-electron chi connectivity index (χ3n) is 19.1. The third-order valence-corrected chi connectivity index (χ3v) is 21.7. The first-order valence-electron chi connectivity index (χ1n) is 36.3. The number of aliphatic hydroxyl groups is 2. The number of rotatable bonds is 38. The van der Waals surface area contributed by atoms with E-state index in [2.05, 4.69) is 31.2 Å². The van der Waals surface area contributed by atoms with Gasteiger partial charge in [0.15, 0.2) is 17.4 Å². The van der Waals surface area contributed by atoms with Crippen LogP contribution in [0, 0.1) is 57.5 Å². The quantitative estimate of drug-likeness (QED) is 0.0108. The number of ether oxygens (including phenoxy) is 1. The number of ketones is 3. The molecule has 0 saturated carbocycles. The summed E-state index contributed by atoms with van der Waals surface area (Å²) in [6.07, 6.45) is 9.81. The summed E-state index contributed by atoms with van der Waals surface area (Å²) in [5.41, 5.74) is 13.5. The number of Topliss-reactive ketones (excluding diaryl/α,β-unsaturated/α-hetero) is 3. The van der Waals surface area contributed by atoms with E-state index in [0.717, 1.165) is 126 Å². The summed E-state index contributed by atoms with van der Waals surface area (Å²) >= 11 is 5.10. The van der Waals surface area contributed by atoms with E-state index >= 15 is 0 Å². The Labute approximate surface area is 632 Å². The molecule has 0 spiro atoms. The lowest BCUT2D eigenvalue weighted by molar-refractivity contribution is -0.146. The van der Waals surface area contributed by atoms with Crippen LogP contribution < -0.4 is 27.0 Å². The van der Waals surface area contributed by atoms with Gasteiger partial charge in [0.25, 0.3) is 0 Å². The topological polar surface area (TPSA) is 276 Å². The van der Waals surface area contributed by atoms with Crippen molar-refractivity contribution in [3.8, 4) is 20.9 Å². The number of unbranched alkanes of at least 4 members (excludes halogenated alkanes) is 8. The number of nitrogens with one attached hydrogen (secondary N) is 4. The molecule has 4 amide bonds.